The Bertz CT molecular complexity index is 483. The van der Waals surface area contributed by atoms with E-state index in [0.29, 0.717) is 5.56 Å². The lowest BCUT2D eigenvalue weighted by Gasteiger charge is -2.10. The van der Waals surface area contributed by atoms with E-state index >= 15 is 0 Å². The number of alkyl halides is 1. The molecule has 0 heterocycles. The summed E-state index contributed by atoms with van der Waals surface area (Å²) in [5.74, 6) is -1.64. The zero-order valence-corrected chi connectivity index (χ0v) is 9.92. The van der Waals surface area contributed by atoms with Gasteiger partial charge in [0.15, 0.2) is 11.6 Å². The van der Waals surface area contributed by atoms with Crippen LogP contribution in [0.5, 0.6) is 0 Å². The summed E-state index contributed by atoms with van der Waals surface area (Å²) in [6.07, 6.45) is 0. The smallest absolute Gasteiger partial charge is 0.159 e. The van der Waals surface area contributed by atoms with Gasteiger partial charge in [-0.1, -0.05) is 52.3 Å². The Labute approximate surface area is 101 Å². The van der Waals surface area contributed by atoms with Gasteiger partial charge < -0.3 is 0 Å². The van der Waals surface area contributed by atoms with Crippen molar-refractivity contribution in [3.63, 3.8) is 0 Å². The van der Waals surface area contributed by atoms with Gasteiger partial charge in [0.25, 0.3) is 0 Å². The van der Waals surface area contributed by atoms with Crippen LogP contribution in [0.2, 0.25) is 0 Å². The molecule has 0 spiro atoms. The summed E-state index contributed by atoms with van der Waals surface area (Å²) in [5.41, 5.74) is 1.71. The van der Waals surface area contributed by atoms with Crippen molar-refractivity contribution in [3.05, 3.63) is 71.3 Å². The molecule has 0 aliphatic heterocycles. The standard InChI is InChI=1S/C13H9BrF2/c14-13(9-4-2-1-3-5-9)10-6-7-11(15)12(16)8-10/h1-8,13H. The molecule has 82 valence electrons. The van der Waals surface area contributed by atoms with Gasteiger partial charge in [-0.05, 0) is 23.3 Å². The second-order valence-corrected chi connectivity index (χ2v) is 4.36. The highest BCUT2D eigenvalue weighted by molar-refractivity contribution is 9.09. The Morgan fingerprint density at radius 2 is 1.50 bits per heavy atom. The maximum atomic E-state index is 13.1. The van der Waals surface area contributed by atoms with Crippen molar-refractivity contribution in [1.29, 1.82) is 0 Å². The SMILES string of the molecule is Fc1ccc(C(Br)c2ccccc2)cc1F. The summed E-state index contributed by atoms with van der Waals surface area (Å²) >= 11 is 3.46. The van der Waals surface area contributed by atoms with Gasteiger partial charge in [0.2, 0.25) is 0 Å². The molecule has 0 amide bonds. The first-order chi connectivity index (χ1) is 7.68. The summed E-state index contributed by atoms with van der Waals surface area (Å²) < 4.78 is 25.8. The zero-order chi connectivity index (χ0) is 11.5. The van der Waals surface area contributed by atoms with E-state index in [-0.39, 0.29) is 4.83 Å². The predicted octanol–water partition coefficient (Wildman–Crippen LogP) is 4.45. The van der Waals surface area contributed by atoms with E-state index in [2.05, 4.69) is 15.9 Å². The molecule has 2 rings (SSSR count). The normalized spacial score (nSPS) is 12.4. The highest BCUT2D eigenvalue weighted by atomic mass is 79.9. The third-order valence-corrected chi connectivity index (χ3v) is 3.39. The molecule has 0 aromatic heterocycles. The van der Waals surface area contributed by atoms with Crippen molar-refractivity contribution >= 4 is 15.9 Å². The van der Waals surface area contributed by atoms with Crippen LogP contribution in [-0.4, -0.2) is 0 Å². The van der Waals surface area contributed by atoms with Crippen LogP contribution in [-0.2, 0) is 0 Å². The van der Waals surface area contributed by atoms with Crippen molar-refractivity contribution in [3.8, 4) is 0 Å². The van der Waals surface area contributed by atoms with E-state index < -0.39 is 11.6 Å². The molecule has 0 N–H and O–H groups in total. The Balaban J connectivity index is 2.34. The number of rotatable bonds is 2. The first kappa shape index (κ1) is 11.3. The van der Waals surface area contributed by atoms with Crippen LogP contribution in [0.15, 0.2) is 48.5 Å². The Morgan fingerprint density at radius 1 is 0.812 bits per heavy atom. The molecule has 0 fully saturated rings. The van der Waals surface area contributed by atoms with Crippen LogP contribution >= 0.6 is 15.9 Å². The summed E-state index contributed by atoms with van der Waals surface area (Å²) in [5, 5.41) is 0. The summed E-state index contributed by atoms with van der Waals surface area (Å²) in [6.45, 7) is 0. The fourth-order valence-electron chi connectivity index (χ4n) is 1.48. The van der Waals surface area contributed by atoms with Crippen molar-refractivity contribution in [2.24, 2.45) is 0 Å². The summed E-state index contributed by atoms with van der Waals surface area (Å²) in [6, 6.07) is 13.5. The van der Waals surface area contributed by atoms with Crippen LogP contribution in [0.1, 0.15) is 16.0 Å². The van der Waals surface area contributed by atoms with Crippen molar-refractivity contribution in [2.45, 2.75) is 4.83 Å². The van der Waals surface area contributed by atoms with E-state index in [0.717, 1.165) is 11.6 Å². The first-order valence-electron chi connectivity index (χ1n) is 4.82. The fraction of sp³-hybridized carbons (Fsp3) is 0.0769. The van der Waals surface area contributed by atoms with Gasteiger partial charge >= 0.3 is 0 Å². The molecule has 3 heteroatoms. The highest BCUT2D eigenvalue weighted by Gasteiger charge is 2.12. The monoisotopic (exact) mass is 282 g/mol. The molecular weight excluding hydrogens is 274 g/mol. The highest BCUT2D eigenvalue weighted by Crippen LogP contribution is 2.31. The molecule has 0 radical (unpaired) electrons. The van der Waals surface area contributed by atoms with Gasteiger partial charge in [-0.3, -0.25) is 0 Å². The number of hydrogen-bond acceptors (Lipinski definition) is 0. The number of hydrogen-bond donors (Lipinski definition) is 0. The molecule has 0 nitrogen and oxygen atoms in total. The van der Waals surface area contributed by atoms with Gasteiger partial charge in [-0.25, -0.2) is 8.78 Å². The quantitative estimate of drug-likeness (QED) is 0.714. The average Bonchev–Trinajstić information content (AvgIpc) is 2.33. The van der Waals surface area contributed by atoms with Crippen LogP contribution < -0.4 is 0 Å². The van der Waals surface area contributed by atoms with Crippen LogP contribution in [0.4, 0.5) is 8.78 Å². The molecule has 0 saturated carbocycles. The Kier molecular flexibility index (Phi) is 3.34. The van der Waals surface area contributed by atoms with Crippen molar-refractivity contribution in [2.75, 3.05) is 0 Å². The van der Waals surface area contributed by atoms with Gasteiger partial charge in [0, 0.05) is 0 Å². The second-order valence-electron chi connectivity index (χ2n) is 3.45. The third-order valence-electron chi connectivity index (χ3n) is 2.33. The van der Waals surface area contributed by atoms with E-state index in [1.165, 1.54) is 6.07 Å². The summed E-state index contributed by atoms with van der Waals surface area (Å²) in [7, 11) is 0. The lowest BCUT2D eigenvalue weighted by Crippen LogP contribution is -1.94. The molecule has 0 bridgehead atoms. The van der Waals surface area contributed by atoms with Gasteiger partial charge in [0.05, 0.1) is 4.83 Å². The molecular formula is C13H9BrF2. The Hall–Kier alpha value is -1.22. The first-order valence-corrected chi connectivity index (χ1v) is 5.74. The van der Waals surface area contributed by atoms with Gasteiger partial charge in [-0.2, -0.15) is 0 Å². The lowest BCUT2D eigenvalue weighted by molar-refractivity contribution is 0.507. The number of benzene rings is 2. The molecule has 0 saturated heterocycles. The zero-order valence-electron chi connectivity index (χ0n) is 8.33. The minimum Gasteiger partial charge on any atom is -0.204 e. The second kappa shape index (κ2) is 4.74. The molecule has 2 aromatic carbocycles. The topological polar surface area (TPSA) is 0 Å². The number of halogens is 3. The van der Waals surface area contributed by atoms with E-state index in [1.807, 2.05) is 30.3 Å². The molecule has 0 aliphatic rings. The van der Waals surface area contributed by atoms with E-state index in [1.54, 1.807) is 6.07 Å². The third kappa shape index (κ3) is 2.30. The van der Waals surface area contributed by atoms with Crippen LogP contribution in [0, 0.1) is 11.6 Å². The Morgan fingerprint density at radius 3 is 2.12 bits per heavy atom. The van der Waals surface area contributed by atoms with Gasteiger partial charge in [-0.15, -0.1) is 0 Å². The van der Waals surface area contributed by atoms with Crippen LogP contribution in [0.3, 0.4) is 0 Å². The molecule has 1 atom stereocenters. The molecule has 2 aromatic rings. The van der Waals surface area contributed by atoms with Crippen LogP contribution in [0.25, 0.3) is 0 Å². The van der Waals surface area contributed by atoms with E-state index in [9.17, 15) is 8.78 Å². The minimum atomic E-state index is -0.823. The maximum Gasteiger partial charge on any atom is 0.159 e. The largest absolute Gasteiger partial charge is 0.204 e. The van der Waals surface area contributed by atoms with Crippen molar-refractivity contribution < 1.29 is 8.78 Å². The maximum absolute atomic E-state index is 13.1. The molecule has 0 aliphatic carbocycles. The minimum absolute atomic E-state index is 0.121. The molecule has 16 heavy (non-hydrogen) atoms. The van der Waals surface area contributed by atoms with E-state index in [4.69, 9.17) is 0 Å². The summed E-state index contributed by atoms with van der Waals surface area (Å²) in [4.78, 5) is -0.121. The predicted molar refractivity (Wildman–Crippen MR) is 63.6 cm³/mol. The van der Waals surface area contributed by atoms with Crippen molar-refractivity contribution in [1.82, 2.24) is 0 Å². The average molecular weight is 283 g/mol. The van der Waals surface area contributed by atoms with Gasteiger partial charge in [0.1, 0.15) is 0 Å². The molecule has 1 unspecified atom stereocenters. The lowest BCUT2D eigenvalue weighted by atomic mass is 10.0. The fourth-order valence-corrected chi connectivity index (χ4v) is 2.07.